The molecule has 68 heavy (non-hydrogen) atoms. The van der Waals surface area contributed by atoms with E-state index in [1.807, 2.05) is 11.8 Å². The summed E-state index contributed by atoms with van der Waals surface area (Å²) in [7, 11) is 0. The minimum atomic E-state index is -0.541. The molecule has 0 amide bonds. The standard InChI is InChI=1S/C65H43NOS/c1-63(2)49-20-6-3-17-43(49)46-34-31-42(39-58(46)63)66(40-32-35-52-47(37-40)44-18-4-7-21-50(44)64(52)54-23-9-13-27-59(54)67-60-28-14-10-24-55(60)64)41-33-36-53-48(38-41)45-19-5-8-22-51(45)65(53)56-25-11-15-29-61(56)68-62-30-16-12-26-57(62)65/h3-39H,1-2H3. The van der Waals surface area contributed by atoms with Crippen molar-refractivity contribution in [2.45, 2.75) is 39.9 Å². The third-order valence-electron chi connectivity index (χ3n) is 16.0. The van der Waals surface area contributed by atoms with Crippen LogP contribution in [0.2, 0.25) is 0 Å². The van der Waals surface area contributed by atoms with Crippen molar-refractivity contribution >= 4 is 28.8 Å². The van der Waals surface area contributed by atoms with Crippen LogP contribution in [0.4, 0.5) is 17.1 Å². The van der Waals surface area contributed by atoms with E-state index in [9.17, 15) is 0 Å². The molecule has 3 aliphatic carbocycles. The van der Waals surface area contributed by atoms with Crippen molar-refractivity contribution in [3.05, 3.63) is 280 Å². The summed E-state index contributed by atoms with van der Waals surface area (Å²) in [6, 6.07) is 84.2. The maximum Gasteiger partial charge on any atom is 0.132 e. The second kappa shape index (κ2) is 13.6. The minimum absolute atomic E-state index is 0.163. The van der Waals surface area contributed by atoms with Crippen LogP contribution in [0.1, 0.15) is 69.5 Å². The van der Waals surface area contributed by atoms with E-state index in [-0.39, 0.29) is 5.41 Å². The number of rotatable bonds is 3. The van der Waals surface area contributed by atoms with Crippen molar-refractivity contribution in [2.24, 2.45) is 0 Å². The summed E-state index contributed by atoms with van der Waals surface area (Å²) in [6.07, 6.45) is 0. The van der Waals surface area contributed by atoms with Gasteiger partial charge in [-0.1, -0.05) is 189 Å². The van der Waals surface area contributed by atoms with Crippen LogP contribution in [0, 0.1) is 0 Å². The van der Waals surface area contributed by atoms with E-state index in [2.05, 4.69) is 243 Å². The molecule has 0 fully saturated rings. The van der Waals surface area contributed by atoms with Crippen molar-refractivity contribution in [1.82, 2.24) is 0 Å². The quantitative estimate of drug-likeness (QED) is 0.175. The van der Waals surface area contributed by atoms with E-state index >= 15 is 0 Å². The monoisotopic (exact) mass is 885 g/mol. The number of anilines is 3. The lowest BCUT2D eigenvalue weighted by atomic mass is 9.66. The Bertz CT molecular complexity index is 3530. The lowest BCUT2D eigenvalue weighted by molar-refractivity contribution is 0.436. The van der Waals surface area contributed by atoms with Gasteiger partial charge in [-0.2, -0.15) is 0 Å². The van der Waals surface area contributed by atoms with Gasteiger partial charge in [0.1, 0.15) is 11.5 Å². The molecule has 0 atom stereocenters. The zero-order chi connectivity index (χ0) is 44.9. The smallest absolute Gasteiger partial charge is 0.132 e. The van der Waals surface area contributed by atoms with E-state index in [4.69, 9.17) is 4.74 Å². The molecule has 0 bridgehead atoms. The van der Waals surface area contributed by atoms with Gasteiger partial charge in [-0.3, -0.25) is 0 Å². The zero-order valence-corrected chi connectivity index (χ0v) is 38.4. The number of benzene rings is 10. The third kappa shape index (κ3) is 4.74. The molecular weight excluding hydrogens is 843 g/mol. The molecular formula is C65H43NOS. The molecule has 2 aliphatic heterocycles. The summed E-state index contributed by atoms with van der Waals surface area (Å²) in [4.78, 5) is 5.14. The van der Waals surface area contributed by atoms with Crippen LogP contribution in [0.25, 0.3) is 33.4 Å². The number of nitrogens with zero attached hydrogens (tertiary/aromatic N) is 1. The van der Waals surface area contributed by atoms with E-state index in [0.717, 1.165) is 28.6 Å². The minimum Gasteiger partial charge on any atom is -0.457 e. The van der Waals surface area contributed by atoms with Gasteiger partial charge in [0, 0.05) is 43.4 Å². The van der Waals surface area contributed by atoms with Gasteiger partial charge in [0.25, 0.3) is 0 Å². The first kappa shape index (κ1) is 38.3. The molecule has 10 aromatic rings. The molecule has 10 aromatic carbocycles. The van der Waals surface area contributed by atoms with Crippen LogP contribution in [0.5, 0.6) is 11.5 Å². The normalized spacial score (nSPS) is 15.6. The number of hydrogen-bond donors (Lipinski definition) is 0. The third-order valence-corrected chi connectivity index (χ3v) is 17.2. The van der Waals surface area contributed by atoms with Gasteiger partial charge in [0.15, 0.2) is 0 Å². The molecule has 2 spiro atoms. The van der Waals surface area contributed by atoms with Crippen LogP contribution < -0.4 is 9.64 Å². The molecule has 0 saturated heterocycles. The second-order valence-electron chi connectivity index (χ2n) is 19.5. The highest BCUT2D eigenvalue weighted by molar-refractivity contribution is 7.99. The van der Waals surface area contributed by atoms with Crippen molar-refractivity contribution in [2.75, 3.05) is 4.90 Å². The predicted molar refractivity (Wildman–Crippen MR) is 277 cm³/mol. The molecule has 0 N–H and O–H groups in total. The molecule has 0 radical (unpaired) electrons. The van der Waals surface area contributed by atoms with Gasteiger partial charge < -0.3 is 9.64 Å². The lowest BCUT2D eigenvalue weighted by Crippen LogP contribution is -2.32. The Morgan fingerprint density at radius 2 is 0.676 bits per heavy atom. The largest absolute Gasteiger partial charge is 0.457 e. The SMILES string of the molecule is CC1(C)c2ccccc2-c2ccc(N(c3ccc4c(c3)-c3ccccc3C43c4ccccc4Oc4ccccc43)c3ccc4c(c3)-c3ccccc3C43c4ccccc4Sc4ccccc43)cc21. The Labute approximate surface area is 401 Å². The van der Waals surface area contributed by atoms with Crippen LogP contribution in [0.3, 0.4) is 0 Å². The first-order valence-electron chi connectivity index (χ1n) is 23.7. The molecule has 15 rings (SSSR count). The highest BCUT2D eigenvalue weighted by Gasteiger charge is 2.52. The molecule has 2 heterocycles. The molecule has 2 nitrogen and oxygen atoms in total. The average Bonchev–Trinajstić information content (AvgIpc) is 3.93. The summed E-state index contributed by atoms with van der Waals surface area (Å²) in [5.74, 6) is 1.80. The predicted octanol–water partition coefficient (Wildman–Crippen LogP) is 16.8. The average molecular weight is 886 g/mol. The first-order chi connectivity index (χ1) is 33.5. The Kier molecular flexibility index (Phi) is 7.67. The van der Waals surface area contributed by atoms with Gasteiger partial charge in [0.05, 0.1) is 10.8 Å². The van der Waals surface area contributed by atoms with Crippen LogP contribution in [0.15, 0.2) is 234 Å². The lowest BCUT2D eigenvalue weighted by Gasteiger charge is -2.39. The van der Waals surface area contributed by atoms with E-state index in [1.165, 1.54) is 98.8 Å². The van der Waals surface area contributed by atoms with Gasteiger partial charge in [0.2, 0.25) is 0 Å². The van der Waals surface area contributed by atoms with Gasteiger partial charge in [-0.05, 0) is 139 Å². The number of para-hydroxylation sites is 2. The Morgan fingerprint density at radius 1 is 0.309 bits per heavy atom. The van der Waals surface area contributed by atoms with Crippen molar-refractivity contribution < 1.29 is 4.74 Å². The number of ether oxygens (including phenoxy) is 1. The van der Waals surface area contributed by atoms with Crippen LogP contribution in [-0.4, -0.2) is 0 Å². The van der Waals surface area contributed by atoms with Gasteiger partial charge in [-0.25, -0.2) is 0 Å². The van der Waals surface area contributed by atoms with Crippen LogP contribution in [-0.2, 0) is 16.2 Å². The number of fused-ring (bicyclic) bond motifs is 21. The molecule has 320 valence electrons. The number of hydrogen-bond acceptors (Lipinski definition) is 3. The van der Waals surface area contributed by atoms with E-state index < -0.39 is 10.8 Å². The van der Waals surface area contributed by atoms with Crippen LogP contribution >= 0.6 is 11.8 Å². The maximum atomic E-state index is 6.68. The molecule has 3 heteroatoms. The zero-order valence-electron chi connectivity index (χ0n) is 37.6. The van der Waals surface area contributed by atoms with E-state index in [1.54, 1.807) is 0 Å². The molecule has 0 unspecified atom stereocenters. The van der Waals surface area contributed by atoms with E-state index in [0.29, 0.717) is 0 Å². The Morgan fingerprint density at radius 3 is 1.22 bits per heavy atom. The van der Waals surface area contributed by atoms with Gasteiger partial charge in [-0.15, -0.1) is 0 Å². The first-order valence-corrected chi connectivity index (χ1v) is 24.6. The maximum absolute atomic E-state index is 6.68. The van der Waals surface area contributed by atoms with Crippen molar-refractivity contribution in [1.29, 1.82) is 0 Å². The topological polar surface area (TPSA) is 12.5 Å². The summed E-state index contributed by atoms with van der Waals surface area (Å²) in [5, 5.41) is 0. The molecule has 0 saturated carbocycles. The van der Waals surface area contributed by atoms with Gasteiger partial charge >= 0.3 is 0 Å². The highest BCUT2D eigenvalue weighted by Crippen LogP contribution is 2.65. The molecule has 5 aliphatic rings. The molecule has 0 aromatic heterocycles. The fourth-order valence-electron chi connectivity index (χ4n) is 13.3. The van der Waals surface area contributed by atoms with Crippen molar-refractivity contribution in [3.63, 3.8) is 0 Å². The summed E-state index contributed by atoms with van der Waals surface area (Å²) >= 11 is 1.89. The fourth-order valence-corrected chi connectivity index (χ4v) is 14.4. The summed E-state index contributed by atoms with van der Waals surface area (Å²) in [5.41, 5.74) is 22.9. The highest BCUT2D eigenvalue weighted by atomic mass is 32.2. The summed E-state index contributed by atoms with van der Waals surface area (Å²) < 4.78 is 6.68. The Hall–Kier alpha value is -7.85. The Balaban J connectivity index is 0.988. The fraction of sp³-hybridized carbons (Fsp3) is 0.0769. The summed E-state index contributed by atoms with van der Waals surface area (Å²) in [6.45, 7) is 4.76. The van der Waals surface area contributed by atoms with Crippen molar-refractivity contribution in [3.8, 4) is 44.9 Å². The second-order valence-corrected chi connectivity index (χ2v) is 20.6.